The largest absolute Gasteiger partial charge is 0.466 e. The van der Waals surface area contributed by atoms with Crippen molar-refractivity contribution in [2.75, 3.05) is 6.61 Å². The summed E-state index contributed by atoms with van der Waals surface area (Å²) in [5, 5.41) is 14.5. The van der Waals surface area contributed by atoms with Crippen LogP contribution in [0.25, 0.3) is 22.5 Å². The first-order valence-corrected chi connectivity index (χ1v) is 13.0. The van der Waals surface area contributed by atoms with Crippen molar-refractivity contribution >= 4 is 11.9 Å². The van der Waals surface area contributed by atoms with Crippen LogP contribution in [0.2, 0.25) is 0 Å². The number of hydrogen-bond donors (Lipinski definition) is 1. The van der Waals surface area contributed by atoms with Crippen LogP contribution >= 0.6 is 0 Å². The first kappa shape index (κ1) is 25.5. The van der Waals surface area contributed by atoms with E-state index in [0.717, 1.165) is 60.8 Å². The standard InChI is InChI=1S/C28H35N5O3/c1-3-5-14-26(34)33(25-13-9-8-12-24(25)28(35)36-4-2)19-20-15-17-21(18-16-20)22-10-6-7-11-23(22)27-29-31-32-30-27/h6-7,10-11,15-18,24-25H,3-5,8-9,12-14,19H2,1-2H3,(H,29,30,31,32)/t24-,25+/m0/s1. The SMILES string of the molecule is CCCCC(=O)N(Cc1ccc(-c2ccccc2-c2nn[nH]n2)cc1)[C@@H]1CCCC[C@@H]1C(=O)OCC. The highest BCUT2D eigenvalue weighted by Gasteiger charge is 2.37. The topological polar surface area (TPSA) is 101 Å². The van der Waals surface area contributed by atoms with Gasteiger partial charge < -0.3 is 9.64 Å². The van der Waals surface area contributed by atoms with E-state index in [1.54, 1.807) is 0 Å². The second kappa shape index (κ2) is 12.4. The molecule has 2 atom stereocenters. The first-order chi connectivity index (χ1) is 17.6. The van der Waals surface area contributed by atoms with Crippen molar-refractivity contribution < 1.29 is 14.3 Å². The van der Waals surface area contributed by atoms with E-state index in [2.05, 4.69) is 51.8 Å². The Bertz CT molecular complexity index is 1130. The Morgan fingerprint density at radius 3 is 2.47 bits per heavy atom. The molecule has 3 aromatic rings. The number of nitrogens with zero attached hydrogens (tertiary/aromatic N) is 4. The highest BCUT2D eigenvalue weighted by Crippen LogP contribution is 2.33. The fourth-order valence-corrected chi connectivity index (χ4v) is 5.06. The molecule has 0 aliphatic heterocycles. The molecule has 36 heavy (non-hydrogen) atoms. The molecule has 190 valence electrons. The van der Waals surface area contributed by atoms with Crippen LogP contribution in [0.1, 0.15) is 64.4 Å². The Kier molecular flexibility index (Phi) is 8.81. The second-order valence-corrected chi connectivity index (χ2v) is 9.31. The fourth-order valence-electron chi connectivity index (χ4n) is 5.06. The lowest BCUT2D eigenvalue weighted by atomic mass is 9.83. The first-order valence-electron chi connectivity index (χ1n) is 13.0. The predicted molar refractivity (Wildman–Crippen MR) is 138 cm³/mol. The van der Waals surface area contributed by atoms with Gasteiger partial charge in [0, 0.05) is 24.6 Å². The molecule has 8 nitrogen and oxygen atoms in total. The van der Waals surface area contributed by atoms with E-state index in [1.165, 1.54) is 0 Å². The third-order valence-electron chi connectivity index (χ3n) is 6.91. The van der Waals surface area contributed by atoms with E-state index in [1.807, 2.05) is 36.1 Å². The van der Waals surface area contributed by atoms with E-state index in [-0.39, 0.29) is 23.8 Å². The van der Waals surface area contributed by atoms with Crippen molar-refractivity contribution in [2.45, 2.75) is 71.4 Å². The Labute approximate surface area is 212 Å². The van der Waals surface area contributed by atoms with Gasteiger partial charge in [-0.15, -0.1) is 10.2 Å². The van der Waals surface area contributed by atoms with Crippen LogP contribution in [-0.2, 0) is 20.9 Å². The summed E-state index contributed by atoms with van der Waals surface area (Å²) >= 11 is 0. The molecule has 1 heterocycles. The molecule has 2 aromatic carbocycles. The monoisotopic (exact) mass is 489 g/mol. The van der Waals surface area contributed by atoms with E-state index >= 15 is 0 Å². The number of aromatic nitrogens is 4. The molecule has 0 unspecified atom stereocenters. The van der Waals surface area contributed by atoms with Gasteiger partial charge in [0.25, 0.3) is 0 Å². The summed E-state index contributed by atoms with van der Waals surface area (Å²) in [6, 6.07) is 16.1. The molecule has 1 fully saturated rings. The second-order valence-electron chi connectivity index (χ2n) is 9.31. The van der Waals surface area contributed by atoms with Crippen LogP contribution in [0.4, 0.5) is 0 Å². The number of unbranched alkanes of at least 4 members (excludes halogenated alkanes) is 1. The van der Waals surface area contributed by atoms with Gasteiger partial charge in [-0.3, -0.25) is 9.59 Å². The third kappa shape index (κ3) is 5.98. The smallest absolute Gasteiger partial charge is 0.311 e. The molecule has 8 heteroatoms. The van der Waals surface area contributed by atoms with Gasteiger partial charge in [0.1, 0.15) is 0 Å². The highest BCUT2D eigenvalue weighted by molar-refractivity contribution is 5.81. The molecular formula is C28H35N5O3. The van der Waals surface area contributed by atoms with Crippen LogP contribution in [0.3, 0.4) is 0 Å². The van der Waals surface area contributed by atoms with Crippen LogP contribution in [0.5, 0.6) is 0 Å². The molecule has 1 aliphatic rings. The van der Waals surface area contributed by atoms with Gasteiger partial charge in [-0.05, 0) is 48.1 Å². The molecule has 4 rings (SSSR count). The van der Waals surface area contributed by atoms with Crippen molar-refractivity contribution in [2.24, 2.45) is 5.92 Å². The van der Waals surface area contributed by atoms with Crippen molar-refractivity contribution in [3.05, 3.63) is 54.1 Å². The van der Waals surface area contributed by atoms with E-state index in [0.29, 0.717) is 25.4 Å². The average Bonchev–Trinajstić information content (AvgIpc) is 3.46. The van der Waals surface area contributed by atoms with Gasteiger partial charge >= 0.3 is 5.97 Å². The van der Waals surface area contributed by atoms with Crippen molar-refractivity contribution in [3.63, 3.8) is 0 Å². The number of esters is 1. The zero-order chi connectivity index (χ0) is 25.3. The summed E-state index contributed by atoms with van der Waals surface area (Å²) in [6.07, 6.45) is 5.91. The lowest BCUT2D eigenvalue weighted by Gasteiger charge is -2.39. The minimum atomic E-state index is -0.259. The molecule has 1 amide bonds. The number of benzene rings is 2. The average molecular weight is 490 g/mol. The fraction of sp³-hybridized carbons (Fsp3) is 0.464. The Balaban J connectivity index is 1.58. The molecule has 0 bridgehead atoms. The summed E-state index contributed by atoms with van der Waals surface area (Å²) in [4.78, 5) is 28.0. The summed E-state index contributed by atoms with van der Waals surface area (Å²) in [7, 11) is 0. The van der Waals surface area contributed by atoms with Crippen LogP contribution < -0.4 is 0 Å². The zero-order valence-corrected chi connectivity index (χ0v) is 21.2. The molecule has 1 saturated carbocycles. The zero-order valence-electron chi connectivity index (χ0n) is 21.2. The predicted octanol–water partition coefficient (Wildman–Crippen LogP) is 5.17. The van der Waals surface area contributed by atoms with Crippen molar-refractivity contribution in [1.82, 2.24) is 25.5 Å². The number of rotatable bonds is 10. The van der Waals surface area contributed by atoms with Gasteiger partial charge in [-0.25, -0.2) is 0 Å². The van der Waals surface area contributed by atoms with Gasteiger partial charge in [-0.1, -0.05) is 74.7 Å². The molecular weight excluding hydrogens is 454 g/mol. The van der Waals surface area contributed by atoms with Crippen LogP contribution in [0, 0.1) is 5.92 Å². The van der Waals surface area contributed by atoms with Crippen LogP contribution in [0.15, 0.2) is 48.5 Å². The number of carbonyl (C=O) groups is 2. The van der Waals surface area contributed by atoms with E-state index in [4.69, 9.17) is 4.74 Å². The molecule has 1 N–H and O–H groups in total. The number of aromatic amines is 1. The number of carbonyl (C=O) groups excluding carboxylic acids is 2. The molecule has 0 saturated heterocycles. The van der Waals surface area contributed by atoms with Crippen molar-refractivity contribution in [3.8, 4) is 22.5 Å². The lowest BCUT2D eigenvalue weighted by molar-refractivity contribution is -0.154. The maximum Gasteiger partial charge on any atom is 0.311 e. The third-order valence-corrected chi connectivity index (χ3v) is 6.91. The molecule has 0 radical (unpaired) electrons. The minimum Gasteiger partial charge on any atom is -0.466 e. The quantitative estimate of drug-likeness (QED) is 0.394. The number of ether oxygens (including phenoxy) is 1. The Morgan fingerprint density at radius 2 is 1.78 bits per heavy atom. The van der Waals surface area contributed by atoms with Crippen molar-refractivity contribution in [1.29, 1.82) is 0 Å². The van der Waals surface area contributed by atoms with Gasteiger partial charge in [0.2, 0.25) is 11.7 Å². The normalized spacial score (nSPS) is 17.5. The molecule has 1 aromatic heterocycles. The maximum atomic E-state index is 13.3. The molecule has 1 aliphatic carbocycles. The van der Waals surface area contributed by atoms with Gasteiger partial charge in [0.05, 0.1) is 12.5 Å². The summed E-state index contributed by atoms with van der Waals surface area (Å²) < 4.78 is 5.39. The summed E-state index contributed by atoms with van der Waals surface area (Å²) in [5.41, 5.74) is 3.98. The minimum absolute atomic E-state index is 0.115. The number of amides is 1. The highest BCUT2D eigenvalue weighted by atomic mass is 16.5. The van der Waals surface area contributed by atoms with E-state index < -0.39 is 0 Å². The number of H-pyrrole nitrogens is 1. The molecule has 0 spiro atoms. The Morgan fingerprint density at radius 1 is 1.03 bits per heavy atom. The summed E-state index contributed by atoms with van der Waals surface area (Å²) in [5.74, 6) is 0.226. The van der Waals surface area contributed by atoms with E-state index in [9.17, 15) is 9.59 Å². The van der Waals surface area contributed by atoms with Gasteiger partial charge in [0.15, 0.2) is 0 Å². The maximum absolute atomic E-state index is 13.3. The van der Waals surface area contributed by atoms with Crippen LogP contribution in [-0.4, -0.2) is 50.0 Å². The summed E-state index contributed by atoms with van der Waals surface area (Å²) in [6.45, 7) is 4.76. The number of tetrazole rings is 1. The van der Waals surface area contributed by atoms with Gasteiger partial charge in [-0.2, -0.15) is 5.21 Å². The number of nitrogens with one attached hydrogen (secondary N) is 1. The lowest BCUT2D eigenvalue weighted by Crippen LogP contribution is -2.48. The number of hydrogen-bond acceptors (Lipinski definition) is 6. The Hall–Kier alpha value is -3.55.